The molecule has 2 aromatic carbocycles. The van der Waals surface area contributed by atoms with Gasteiger partial charge in [-0.15, -0.1) is 0 Å². The van der Waals surface area contributed by atoms with Crippen molar-refractivity contribution in [3.05, 3.63) is 70.3 Å². The van der Waals surface area contributed by atoms with Crippen molar-refractivity contribution in [3.8, 4) is 0 Å². The molecule has 5 rings (SSSR count). The summed E-state index contributed by atoms with van der Waals surface area (Å²) in [6.45, 7) is 1.42. The van der Waals surface area contributed by atoms with E-state index >= 15 is 0 Å². The van der Waals surface area contributed by atoms with E-state index in [0.717, 1.165) is 13.0 Å². The van der Waals surface area contributed by atoms with E-state index in [-0.39, 0.29) is 36.7 Å². The Labute approximate surface area is 185 Å². The highest BCUT2D eigenvalue weighted by Gasteiger charge is 2.40. The minimum atomic E-state index is -0.699. The number of nitrogens with zero attached hydrogens (tertiary/aromatic N) is 1. The lowest BCUT2D eigenvalue weighted by atomic mass is 9.96. The van der Waals surface area contributed by atoms with Crippen LogP contribution in [-0.2, 0) is 29.1 Å². The van der Waals surface area contributed by atoms with Crippen LogP contribution >= 0.6 is 0 Å². The number of carbonyl (C=O) groups is 4. The van der Waals surface area contributed by atoms with Crippen molar-refractivity contribution in [3.63, 3.8) is 0 Å². The first kappa shape index (κ1) is 20.4. The van der Waals surface area contributed by atoms with Gasteiger partial charge in [-0.05, 0) is 41.7 Å². The van der Waals surface area contributed by atoms with Gasteiger partial charge >= 0.3 is 0 Å². The number of amides is 4. The molecule has 8 nitrogen and oxygen atoms in total. The molecule has 164 valence electrons. The molecular formula is C24H24N4O4. The summed E-state index contributed by atoms with van der Waals surface area (Å²) in [5, 5.41) is 8.75. The Bertz CT molecular complexity index is 1130. The van der Waals surface area contributed by atoms with Gasteiger partial charge in [0.1, 0.15) is 6.04 Å². The number of piperidine rings is 1. The Balaban J connectivity index is 1.28. The number of hydrogen-bond donors (Lipinski definition) is 3. The molecule has 1 fully saturated rings. The molecule has 0 spiro atoms. The second-order valence-corrected chi connectivity index (χ2v) is 8.49. The number of nitrogens with one attached hydrogen (secondary N) is 3. The van der Waals surface area contributed by atoms with Crippen LogP contribution in [0.5, 0.6) is 0 Å². The van der Waals surface area contributed by atoms with Crippen LogP contribution in [0.1, 0.15) is 50.2 Å². The zero-order valence-electron chi connectivity index (χ0n) is 17.5. The number of rotatable bonds is 4. The number of benzene rings is 2. The smallest absolute Gasteiger partial charge is 0.255 e. The van der Waals surface area contributed by atoms with E-state index in [1.165, 1.54) is 16.0 Å². The number of carbonyl (C=O) groups excluding carboxylic acids is 4. The molecule has 32 heavy (non-hydrogen) atoms. The Kier molecular flexibility index (Phi) is 5.22. The second-order valence-electron chi connectivity index (χ2n) is 8.49. The quantitative estimate of drug-likeness (QED) is 0.622. The average Bonchev–Trinajstić information content (AvgIpc) is 3.13. The van der Waals surface area contributed by atoms with E-state index in [1.807, 2.05) is 12.1 Å². The topological polar surface area (TPSA) is 108 Å². The minimum absolute atomic E-state index is 0.132. The minimum Gasteiger partial charge on any atom is -0.350 e. The van der Waals surface area contributed by atoms with Gasteiger partial charge in [0.15, 0.2) is 0 Å². The summed E-state index contributed by atoms with van der Waals surface area (Å²) < 4.78 is 0. The summed E-state index contributed by atoms with van der Waals surface area (Å²) in [6, 6.07) is 12.8. The van der Waals surface area contributed by atoms with Crippen LogP contribution in [0, 0.1) is 0 Å². The predicted octanol–water partition coefficient (Wildman–Crippen LogP) is 0.892. The van der Waals surface area contributed by atoms with E-state index in [1.54, 1.807) is 18.2 Å². The molecule has 3 aliphatic heterocycles. The zero-order valence-corrected chi connectivity index (χ0v) is 17.5. The summed E-state index contributed by atoms with van der Waals surface area (Å²) >= 11 is 0. The molecule has 1 saturated heterocycles. The van der Waals surface area contributed by atoms with Crippen molar-refractivity contribution in [2.45, 2.75) is 44.4 Å². The Morgan fingerprint density at radius 1 is 1.06 bits per heavy atom. The fraction of sp³-hybridized carbons (Fsp3) is 0.333. The lowest BCUT2D eigenvalue weighted by Gasteiger charge is -2.29. The van der Waals surface area contributed by atoms with Gasteiger partial charge in [-0.25, -0.2) is 0 Å². The zero-order chi connectivity index (χ0) is 22.2. The van der Waals surface area contributed by atoms with Crippen molar-refractivity contribution in [2.75, 3.05) is 6.54 Å². The molecule has 2 aromatic rings. The molecule has 0 aromatic heterocycles. The molecular weight excluding hydrogens is 408 g/mol. The van der Waals surface area contributed by atoms with Crippen LogP contribution in [0.25, 0.3) is 0 Å². The number of imide groups is 1. The standard InChI is InChI=1S/C24H24N4O4/c29-21-9-8-20(23(31)27-21)28-13-19-17(6-3-7-18(19)24(28)32)22(30)26-12-16-10-14-4-1-2-5-15(14)11-25-16/h1-7,16,20,25H,8-13H2,(H,26,30)(H,27,29,31). The largest absolute Gasteiger partial charge is 0.350 e. The lowest BCUT2D eigenvalue weighted by molar-refractivity contribution is -0.136. The molecule has 2 atom stereocenters. The second kappa shape index (κ2) is 8.20. The van der Waals surface area contributed by atoms with Gasteiger partial charge in [0.05, 0.1) is 0 Å². The molecule has 0 aliphatic carbocycles. The van der Waals surface area contributed by atoms with Crippen molar-refractivity contribution >= 4 is 23.6 Å². The van der Waals surface area contributed by atoms with E-state index in [9.17, 15) is 19.2 Å². The Morgan fingerprint density at radius 2 is 1.88 bits per heavy atom. The van der Waals surface area contributed by atoms with E-state index in [0.29, 0.717) is 29.7 Å². The van der Waals surface area contributed by atoms with Crippen LogP contribution in [0.15, 0.2) is 42.5 Å². The van der Waals surface area contributed by atoms with Crippen LogP contribution in [-0.4, -0.2) is 47.2 Å². The van der Waals surface area contributed by atoms with Crippen molar-refractivity contribution in [1.82, 2.24) is 20.9 Å². The average molecular weight is 432 g/mol. The summed E-state index contributed by atoms with van der Waals surface area (Å²) in [7, 11) is 0. The summed E-state index contributed by atoms with van der Waals surface area (Å²) in [5.74, 6) is -1.30. The maximum Gasteiger partial charge on any atom is 0.255 e. The summed E-state index contributed by atoms with van der Waals surface area (Å²) in [4.78, 5) is 51.1. The predicted molar refractivity (Wildman–Crippen MR) is 116 cm³/mol. The van der Waals surface area contributed by atoms with Gasteiger partial charge in [0, 0.05) is 43.2 Å². The van der Waals surface area contributed by atoms with Gasteiger partial charge in [-0.3, -0.25) is 24.5 Å². The molecule has 3 heterocycles. The van der Waals surface area contributed by atoms with Crippen LogP contribution in [0.3, 0.4) is 0 Å². The molecule has 0 radical (unpaired) electrons. The maximum absolute atomic E-state index is 13.0. The first-order chi connectivity index (χ1) is 15.5. The highest BCUT2D eigenvalue weighted by Crippen LogP contribution is 2.29. The molecule has 3 aliphatic rings. The third-order valence-corrected chi connectivity index (χ3v) is 6.50. The van der Waals surface area contributed by atoms with Crippen LogP contribution < -0.4 is 16.0 Å². The molecule has 4 amide bonds. The molecule has 8 heteroatoms. The highest BCUT2D eigenvalue weighted by molar-refractivity contribution is 6.07. The van der Waals surface area contributed by atoms with E-state index < -0.39 is 11.9 Å². The van der Waals surface area contributed by atoms with Crippen molar-refractivity contribution in [2.24, 2.45) is 0 Å². The number of fused-ring (bicyclic) bond motifs is 2. The van der Waals surface area contributed by atoms with Crippen LogP contribution in [0.4, 0.5) is 0 Å². The van der Waals surface area contributed by atoms with Crippen LogP contribution in [0.2, 0.25) is 0 Å². The summed E-state index contributed by atoms with van der Waals surface area (Å²) in [5.41, 5.74) is 4.08. The first-order valence-electron chi connectivity index (χ1n) is 10.9. The fourth-order valence-electron chi connectivity index (χ4n) is 4.77. The van der Waals surface area contributed by atoms with E-state index in [4.69, 9.17) is 0 Å². The van der Waals surface area contributed by atoms with Crippen molar-refractivity contribution in [1.29, 1.82) is 0 Å². The normalized spacial score (nSPS) is 22.2. The Hall–Kier alpha value is -3.52. The van der Waals surface area contributed by atoms with E-state index in [2.05, 4.69) is 28.1 Å². The lowest BCUT2D eigenvalue weighted by Crippen LogP contribution is -2.52. The SMILES string of the molecule is O=C1CCC(N2Cc3c(C(=O)NCC4Cc5ccccc5CN4)cccc3C2=O)C(=O)N1. The molecule has 2 unspecified atom stereocenters. The monoisotopic (exact) mass is 432 g/mol. The van der Waals surface area contributed by atoms with Gasteiger partial charge in [-0.2, -0.15) is 0 Å². The summed E-state index contributed by atoms with van der Waals surface area (Å²) in [6.07, 6.45) is 1.33. The van der Waals surface area contributed by atoms with Gasteiger partial charge in [-0.1, -0.05) is 30.3 Å². The third-order valence-electron chi connectivity index (χ3n) is 6.50. The third kappa shape index (κ3) is 3.67. The molecule has 0 saturated carbocycles. The Morgan fingerprint density at radius 3 is 2.69 bits per heavy atom. The van der Waals surface area contributed by atoms with Gasteiger partial charge in [0.25, 0.3) is 11.8 Å². The molecule has 0 bridgehead atoms. The number of hydrogen-bond acceptors (Lipinski definition) is 5. The van der Waals surface area contributed by atoms with Gasteiger partial charge < -0.3 is 15.5 Å². The highest BCUT2D eigenvalue weighted by atomic mass is 16.2. The molecule has 3 N–H and O–H groups in total. The maximum atomic E-state index is 13.0. The van der Waals surface area contributed by atoms with Gasteiger partial charge in [0.2, 0.25) is 11.8 Å². The fourth-order valence-corrected chi connectivity index (χ4v) is 4.77. The van der Waals surface area contributed by atoms with Crippen molar-refractivity contribution < 1.29 is 19.2 Å². The first-order valence-corrected chi connectivity index (χ1v) is 10.9.